The molecule has 1 aliphatic heterocycles. The van der Waals surface area contributed by atoms with Crippen molar-refractivity contribution in [3.63, 3.8) is 0 Å². The lowest BCUT2D eigenvalue weighted by Gasteiger charge is -1.68. The third kappa shape index (κ3) is 1.12. The van der Waals surface area contributed by atoms with Crippen LogP contribution in [-0.2, 0) is 0 Å². The molecule has 0 bridgehead atoms. The largest absolute Gasteiger partial charge is 1.00 e. The van der Waals surface area contributed by atoms with Gasteiger partial charge in [0.05, 0.1) is 6.54 Å². The lowest BCUT2D eigenvalue weighted by Crippen LogP contribution is -3.00. The third-order valence-electron chi connectivity index (χ3n) is 0.636. The summed E-state index contributed by atoms with van der Waals surface area (Å²) >= 11 is 0. The smallest absolute Gasteiger partial charge is 0.182 e. The quantitative estimate of drug-likeness (QED) is 0.311. The van der Waals surface area contributed by atoms with Gasteiger partial charge in [-0.15, -0.1) is 0 Å². The summed E-state index contributed by atoms with van der Waals surface area (Å²) in [7, 11) is 0. The molecule has 0 aliphatic carbocycles. The number of quaternary nitrogens is 1. The molecule has 0 saturated carbocycles. The molecule has 0 aromatic rings. The molecule has 0 atom stereocenters. The van der Waals surface area contributed by atoms with Gasteiger partial charge in [-0.05, 0) is 0 Å². The van der Waals surface area contributed by atoms with E-state index in [2.05, 4.69) is 10.3 Å². The van der Waals surface area contributed by atoms with Crippen LogP contribution in [0.4, 0.5) is 0 Å². The molecule has 3 heteroatoms. The number of hydrogen-bond acceptors (Lipinski definition) is 1. The Morgan fingerprint density at radius 3 is 2.67 bits per heavy atom. The van der Waals surface area contributed by atoms with Gasteiger partial charge in [-0.2, -0.15) is 0 Å². The first-order chi connectivity index (χ1) is 2.50. The van der Waals surface area contributed by atoms with Gasteiger partial charge < -0.3 is 10.0 Å². The van der Waals surface area contributed by atoms with Gasteiger partial charge in [0.15, 0.2) is 6.34 Å². The van der Waals surface area contributed by atoms with Gasteiger partial charge in [0.2, 0.25) is 0 Å². The molecule has 0 radical (unpaired) electrons. The maximum absolute atomic E-state index is 3.90. The topological polar surface area (TPSA) is 29.0 Å². The number of halogens is 1. The summed E-state index contributed by atoms with van der Waals surface area (Å²) in [6.45, 7) is 2.17. The van der Waals surface area contributed by atoms with Crippen molar-refractivity contribution in [3.8, 4) is 0 Å². The minimum absolute atomic E-state index is 0. The maximum Gasteiger partial charge on any atom is 0.182 e. The summed E-state index contributed by atoms with van der Waals surface area (Å²) in [6.07, 6.45) is 1.86. The Bertz CT molecular complexity index is 46.8. The van der Waals surface area contributed by atoms with Crippen molar-refractivity contribution in [1.82, 2.24) is 0 Å². The van der Waals surface area contributed by atoms with Crippen molar-refractivity contribution < 1.29 is 10.0 Å². The van der Waals surface area contributed by atoms with Crippen LogP contribution in [0.1, 0.15) is 0 Å². The van der Waals surface area contributed by atoms with E-state index in [1.54, 1.807) is 0 Å². The van der Waals surface area contributed by atoms with Crippen LogP contribution in [0.15, 0.2) is 4.99 Å². The number of nitrogens with two attached hydrogens (primary N) is 1. The predicted molar refractivity (Wildman–Crippen MR) is 20.2 cm³/mol. The van der Waals surface area contributed by atoms with Crippen LogP contribution in [-0.4, -0.2) is 19.4 Å². The summed E-state index contributed by atoms with van der Waals surface area (Å²) in [5, 5.41) is 2.07. The zero-order valence-electron chi connectivity index (χ0n) is 3.39. The number of rotatable bonds is 0. The number of hydrogen-bond donors (Lipinski definition) is 1. The fraction of sp³-hybridized carbons (Fsp3) is 0.667. The minimum atomic E-state index is 0. The van der Waals surface area contributed by atoms with Crippen LogP contribution in [0.5, 0.6) is 0 Å². The van der Waals surface area contributed by atoms with Crippen LogP contribution in [0.2, 0.25) is 0 Å². The molecule has 0 saturated heterocycles. The molecule has 6 heavy (non-hydrogen) atoms. The average molecular weight is 90.1 g/mol. The van der Waals surface area contributed by atoms with Crippen LogP contribution in [0.25, 0.3) is 0 Å². The molecule has 1 aliphatic rings. The zero-order chi connectivity index (χ0) is 3.54. The highest BCUT2D eigenvalue weighted by molar-refractivity contribution is 5.42. The zero-order valence-corrected chi connectivity index (χ0v) is 3.39. The second kappa shape index (κ2) is 2.78. The lowest BCUT2D eigenvalue weighted by atomic mass is 10.7. The Morgan fingerprint density at radius 2 is 2.50 bits per heavy atom. The van der Waals surface area contributed by atoms with Gasteiger partial charge in [0.25, 0.3) is 0 Å². The molecule has 2 nitrogen and oxygen atoms in total. The van der Waals surface area contributed by atoms with Crippen molar-refractivity contribution in [2.45, 2.75) is 0 Å². The van der Waals surface area contributed by atoms with E-state index in [4.69, 9.17) is 0 Å². The second-order valence-electron chi connectivity index (χ2n) is 1.08. The second-order valence-corrected chi connectivity index (χ2v) is 1.08. The molecule has 2 N–H and O–H groups in total. The van der Waals surface area contributed by atoms with Gasteiger partial charge in [0.1, 0.15) is 6.54 Å². The van der Waals surface area contributed by atoms with Gasteiger partial charge in [0, 0.05) is 0 Å². The number of nitrogens with zero attached hydrogens (tertiary/aromatic N) is 1. The standard InChI is InChI=1S/C3H6N2.FH/c1-2-5-3-4-1;/h3H,1-2H2,(H,4,5);1H. The van der Waals surface area contributed by atoms with Crippen molar-refractivity contribution in [2.24, 2.45) is 4.99 Å². The van der Waals surface area contributed by atoms with E-state index in [9.17, 15) is 0 Å². The maximum atomic E-state index is 3.90. The van der Waals surface area contributed by atoms with Gasteiger partial charge in [-0.1, -0.05) is 0 Å². The third-order valence-corrected chi connectivity index (χ3v) is 0.636. The van der Waals surface area contributed by atoms with Crippen molar-refractivity contribution in [2.75, 3.05) is 13.1 Å². The monoisotopic (exact) mass is 90.1 g/mol. The highest BCUT2D eigenvalue weighted by Gasteiger charge is 1.88. The SMILES string of the molecule is C1=NCC[NH2+]1.[F-]. The Balaban J connectivity index is 0.000000250. The molecule has 36 valence electrons. The van der Waals surface area contributed by atoms with E-state index >= 15 is 0 Å². The van der Waals surface area contributed by atoms with E-state index in [1.807, 2.05) is 6.34 Å². The summed E-state index contributed by atoms with van der Waals surface area (Å²) in [5.41, 5.74) is 0. The van der Waals surface area contributed by atoms with E-state index < -0.39 is 0 Å². The summed E-state index contributed by atoms with van der Waals surface area (Å²) in [5.74, 6) is 0. The molecular formula is C3H7FN2. The van der Waals surface area contributed by atoms with E-state index in [-0.39, 0.29) is 4.70 Å². The van der Waals surface area contributed by atoms with Crippen molar-refractivity contribution in [3.05, 3.63) is 0 Å². The molecule has 1 rings (SSSR count). The Morgan fingerprint density at radius 1 is 1.67 bits per heavy atom. The van der Waals surface area contributed by atoms with Gasteiger partial charge in [-0.25, -0.2) is 4.99 Å². The van der Waals surface area contributed by atoms with Crippen LogP contribution >= 0.6 is 0 Å². The predicted octanol–water partition coefficient (Wildman–Crippen LogP) is -4.40. The fourth-order valence-electron chi connectivity index (χ4n) is 0.373. The minimum Gasteiger partial charge on any atom is -1.00 e. The van der Waals surface area contributed by atoms with Crippen molar-refractivity contribution in [1.29, 1.82) is 0 Å². The Labute approximate surface area is 35.6 Å². The average Bonchev–Trinajstić information content (AvgIpc) is 1.76. The normalized spacial score (nSPS) is 17.3. The number of aliphatic imine (C=N–C) groups is 1. The summed E-state index contributed by atoms with van der Waals surface area (Å²) in [4.78, 5) is 3.90. The first-order valence-corrected chi connectivity index (χ1v) is 1.82. The van der Waals surface area contributed by atoms with Crippen molar-refractivity contribution >= 4 is 6.34 Å². The molecule has 0 fully saturated rings. The molecule has 0 aromatic heterocycles. The van der Waals surface area contributed by atoms with Crippen LogP contribution in [0, 0.1) is 0 Å². The molecule has 0 amide bonds. The molecule has 0 spiro atoms. The fourth-order valence-corrected chi connectivity index (χ4v) is 0.373. The van der Waals surface area contributed by atoms with Gasteiger partial charge >= 0.3 is 0 Å². The molecule has 0 unspecified atom stereocenters. The van der Waals surface area contributed by atoms with Crippen LogP contribution in [0.3, 0.4) is 0 Å². The highest BCUT2D eigenvalue weighted by Crippen LogP contribution is 1.59. The van der Waals surface area contributed by atoms with E-state index in [0.717, 1.165) is 13.1 Å². The summed E-state index contributed by atoms with van der Waals surface area (Å²) < 4.78 is 0. The first kappa shape index (κ1) is 5.56. The molecular weight excluding hydrogens is 83.0 g/mol. The first-order valence-electron chi connectivity index (χ1n) is 1.82. The lowest BCUT2D eigenvalue weighted by molar-refractivity contribution is -0.518. The molecule has 0 aromatic carbocycles. The van der Waals surface area contributed by atoms with E-state index in [0.29, 0.717) is 0 Å². The Hall–Kier alpha value is -0.440. The van der Waals surface area contributed by atoms with Gasteiger partial charge in [-0.3, -0.25) is 0 Å². The van der Waals surface area contributed by atoms with Crippen LogP contribution < -0.4 is 10.0 Å². The summed E-state index contributed by atoms with van der Waals surface area (Å²) in [6, 6.07) is 0. The molecule has 1 heterocycles. The van der Waals surface area contributed by atoms with E-state index in [1.165, 1.54) is 0 Å². The highest BCUT2D eigenvalue weighted by atomic mass is 19.0. The Kier molecular flexibility index (Phi) is 2.58.